The quantitative estimate of drug-likeness (QED) is 0.422. The van der Waals surface area contributed by atoms with Gasteiger partial charge in [0.05, 0.1) is 12.7 Å². The predicted molar refractivity (Wildman–Crippen MR) is 24.4 cm³/mol. The monoisotopic (exact) mass is 96.1 g/mol. The van der Waals surface area contributed by atoms with Gasteiger partial charge in [-0.2, -0.15) is 5.26 Å². The van der Waals surface area contributed by atoms with Crippen molar-refractivity contribution in [2.75, 3.05) is 13.2 Å². The number of nitrogens with one attached hydrogen (secondary N) is 1. The fourth-order valence-corrected chi connectivity index (χ4v) is 0.519. The highest BCUT2D eigenvalue weighted by Crippen LogP contribution is 1.83. The van der Waals surface area contributed by atoms with Gasteiger partial charge in [0, 0.05) is 6.54 Å². The molecule has 1 radical (unpaired) electrons. The summed E-state index contributed by atoms with van der Waals surface area (Å²) in [6, 6.07) is 2.05. The molecule has 0 spiro atoms. The summed E-state index contributed by atoms with van der Waals surface area (Å²) in [5, 5.41) is 15.0. The zero-order chi connectivity index (χ0) is 5.11. The van der Waals surface area contributed by atoms with Crippen molar-refractivity contribution in [3.8, 4) is 6.07 Å². The maximum absolute atomic E-state index is 8.19. The lowest BCUT2D eigenvalue weighted by Gasteiger charge is -1.89. The van der Waals surface area contributed by atoms with Gasteiger partial charge in [0.2, 0.25) is 0 Å². The van der Waals surface area contributed by atoms with E-state index in [4.69, 9.17) is 5.26 Å². The molecule has 0 aromatic carbocycles. The third kappa shape index (κ3) is 0.889. The lowest BCUT2D eigenvalue weighted by molar-refractivity contribution is 0.758. The smallest absolute Gasteiger partial charge is 0.111 e. The number of hydrogen-bond acceptors (Lipinski definition) is 2. The molecule has 0 aromatic heterocycles. The molecule has 1 atom stereocenters. The van der Waals surface area contributed by atoms with Crippen LogP contribution in [-0.4, -0.2) is 19.3 Å². The van der Waals surface area contributed by atoms with Crippen LogP contribution in [0.25, 0.3) is 0 Å². The van der Waals surface area contributed by atoms with Gasteiger partial charge in [-0.25, -0.2) is 5.32 Å². The molecule has 1 rings (SSSR count). The van der Waals surface area contributed by atoms with Crippen molar-refractivity contribution >= 4 is 0 Å². The molecule has 3 heteroatoms. The Morgan fingerprint density at radius 3 is 3.00 bits per heavy atom. The molecule has 1 aliphatic heterocycles. The van der Waals surface area contributed by atoms with E-state index >= 15 is 0 Å². The number of nitrogens with zero attached hydrogens (tertiary/aromatic N) is 2. The first kappa shape index (κ1) is 4.57. The summed E-state index contributed by atoms with van der Waals surface area (Å²) in [4.78, 5) is 0. The van der Waals surface area contributed by atoms with E-state index in [0.29, 0.717) is 13.2 Å². The highest BCUT2D eigenvalue weighted by atomic mass is 15.2. The van der Waals surface area contributed by atoms with Gasteiger partial charge >= 0.3 is 0 Å². The molecule has 1 aliphatic rings. The average molecular weight is 96.1 g/mol. The highest BCUT2D eigenvalue weighted by molar-refractivity contribution is 4.93. The maximum Gasteiger partial charge on any atom is 0.111 e. The van der Waals surface area contributed by atoms with E-state index in [0.717, 1.165) is 0 Å². The summed E-state index contributed by atoms with van der Waals surface area (Å²) in [7, 11) is 0. The molecule has 1 saturated heterocycles. The SMILES string of the molecule is N#CC1C[N]CN1. The first-order valence-corrected chi connectivity index (χ1v) is 2.20. The minimum atomic E-state index is -0.0139. The van der Waals surface area contributed by atoms with Gasteiger partial charge in [-0.3, -0.25) is 5.32 Å². The number of rotatable bonds is 0. The molecule has 0 aliphatic carbocycles. The molecule has 7 heavy (non-hydrogen) atoms. The molecule has 1 N–H and O–H groups in total. The van der Waals surface area contributed by atoms with E-state index in [9.17, 15) is 0 Å². The van der Waals surface area contributed by atoms with Crippen LogP contribution in [0.3, 0.4) is 0 Å². The second-order valence-electron chi connectivity index (χ2n) is 1.45. The van der Waals surface area contributed by atoms with Crippen molar-refractivity contribution in [3.63, 3.8) is 0 Å². The topological polar surface area (TPSA) is 49.9 Å². The summed E-state index contributed by atoms with van der Waals surface area (Å²) < 4.78 is 0. The Morgan fingerprint density at radius 1 is 1.86 bits per heavy atom. The second kappa shape index (κ2) is 1.92. The summed E-state index contributed by atoms with van der Waals surface area (Å²) in [6.45, 7) is 1.31. The van der Waals surface area contributed by atoms with E-state index in [1.807, 2.05) is 0 Å². The van der Waals surface area contributed by atoms with Gasteiger partial charge in [0.1, 0.15) is 6.04 Å². The third-order valence-electron chi connectivity index (χ3n) is 0.917. The molecule has 0 saturated carbocycles. The molecule has 0 amide bonds. The highest BCUT2D eigenvalue weighted by Gasteiger charge is 2.11. The Morgan fingerprint density at radius 2 is 2.71 bits per heavy atom. The molecular formula is C4H6N3. The van der Waals surface area contributed by atoms with Gasteiger partial charge < -0.3 is 0 Å². The Kier molecular flexibility index (Phi) is 1.25. The fourth-order valence-electron chi connectivity index (χ4n) is 0.519. The van der Waals surface area contributed by atoms with Crippen molar-refractivity contribution in [2.24, 2.45) is 0 Å². The molecule has 1 heterocycles. The van der Waals surface area contributed by atoms with E-state index in [-0.39, 0.29) is 6.04 Å². The van der Waals surface area contributed by atoms with Crippen molar-refractivity contribution in [3.05, 3.63) is 0 Å². The zero-order valence-corrected chi connectivity index (χ0v) is 3.89. The van der Waals surface area contributed by atoms with Crippen LogP contribution >= 0.6 is 0 Å². The van der Waals surface area contributed by atoms with Crippen LogP contribution in [0.2, 0.25) is 0 Å². The van der Waals surface area contributed by atoms with Crippen molar-refractivity contribution in [1.82, 2.24) is 10.6 Å². The summed E-state index contributed by atoms with van der Waals surface area (Å²) in [5.41, 5.74) is 0. The Hall–Kier alpha value is -0.590. The Bertz CT molecular complexity index is 87.6. The van der Waals surface area contributed by atoms with Crippen LogP contribution in [0, 0.1) is 11.3 Å². The number of hydrogen-bond donors (Lipinski definition) is 1. The molecule has 0 aromatic rings. The normalized spacial score (nSPS) is 29.9. The van der Waals surface area contributed by atoms with Crippen molar-refractivity contribution < 1.29 is 0 Å². The molecule has 37 valence electrons. The first-order chi connectivity index (χ1) is 3.43. The van der Waals surface area contributed by atoms with Crippen LogP contribution in [0.4, 0.5) is 0 Å². The van der Waals surface area contributed by atoms with Gasteiger partial charge in [-0.1, -0.05) is 0 Å². The summed E-state index contributed by atoms with van der Waals surface area (Å²) >= 11 is 0. The molecule has 1 fully saturated rings. The van der Waals surface area contributed by atoms with Crippen molar-refractivity contribution in [2.45, 2.75) is 6.04 Å². The minimum absolute atomic E-state index is 0.0139. The van der Waals surface area contributed by atoms with E-state index in [1.54, 1.807) is 0 Å². The van der Waals surface area contributed by atoms with E-state index in [1.165, 1.54) is 0 Å². The van der Waals surface area contributed by atoms with Crippen LogP contribution in [0.5, 0.6) is 0 Å². The van der Waals surface area contributed by atoms with Gasteiger partial charge in [0.25, 0.3) is 0 Å². The number of nitriles is 1. The maximum atomic E-state index is 8.19. The van der Waals surface area contributed by atoms with Crippen LogP contribution < -0.4 is 10.6 Å². The average Bonchev–Trinajstić information content (AvgIpc) is 2.14. The Balaban J connectivity index is 2.31. The second-order valence-corrected chi connectivity index (χ2v) is 1.45. The fraction of sp³-hybridized carbons (Fsp3) is 0.750. The van der Waals surface area contributed by atoms with Crippen LogP contribution in [-0.2, 0) is 0 Å². The molecule has 1 unspecified atom stereocenters. The largest absolute Gasteiger partial charge is 0.287 e. The van der Waals surface area contributed by atoms with E-state index in [2.05, 4.69) is 16.7 Å². The Labute approximate surface area is 42.3 Å². The van der Waals surface area contributed by atoms with Gasteiger partial charge in [0.15, 0.2) is 0 Å². The predicted octanol–water partition coefficient (Wildman–Crippen LogP) is -0.956. The minimum Gasteiger partial charge on any atom is -0.287 e. The summed E-state index contributed by atoms with van der Waals surface area (Å²) in [5.74, 6) is 0. The molecule has 0 bridgehead atoms. The lowest BCUT2D eigenvalue weighted by Crippen LogP contribution is -2.20. The third-order valence-corrected chi connectivity index (χ3v) is 0.917. The summed E-state index contributed by atoms with van der Waals surface area (Å²) in [6.07, 6.45) is 0. The molecule has 3 nitrogen and oxygen atoms in total. The van der Waals surface area contributed by atoms with Crippen LogP contribution in [0.1, 0.15) is 0 Å². The first-order valence-electron chi connectivity index (χ1n) is 2.20. The zero-order valence-electron chi connectivity index (χ0n) is 3.89. The standard InChI is InChI=1S/C4H6N3/c5-1-4-2-6-3-7-4/h4,7H,2-3H2. The van der Waals surface area contributed by atoms with Crippen molar-refractivity contribution in [1.29, 1.82) is 5.26 Å². The van der Waals surface area contributed by atoms with Gasteiger partial charge in [-0.05, 0) is 0 Å². The van der Waals surface area contributed by atoms with E-state index < -0.39 is 0 Å². The lowest BCUT2D eigenvalue weighted by atomic mass is 10.4. The van der Waals surface area contributed by atoms with Gasteiger partial charge in [-0.15, -0.1) is 0 Å². The van der Waals surface area contributed by atoms with Crippen LogP contribution in [0.15, 0.2) is 0 Å². The molecular weight excluding hydrogens is 90.1 g/mol.